The first-order valence-corrected chi connectivity index (χ1v) is 11.3. The number of aryl methyl sites for hydroxylation is 1. The van der Waals surface area contributed by atoms with Gasteiger partial charge in [-0.1, -0.05) is 43.0 Å². The number of hydrogen-bond donors (Lipinski definition) is 1. The molecule has 2 aromatic carbocycles. The smallest absolute Gasteiger partial charge is 0.266 e. The van der Waals surface area contributed by atoms with Crippen molar-refractivity contribution in [3.63, 3.8) is 0 Å². The summed E-state index contributed by atoms with van der Waals surface area (Å²) in [5.74, 6) is 0.0932. The van der Waals surface area contributed by atoms with Crippen LogP contribution in [0.15, 0.2) is 58.5 Å². The summed E-state index contributed by atoms with van der Waals surface area (Å²) in [6.45, 7) is 3.38. The number of para-hydroxylation sites is 1. The first-order chi connectivity index (χ1) is 14.7. The SMILES string of the molecule is CCc1ccc(-n2c(SCC(=O)NCC3CCCO3)nc3ccccc3c2=O)cc1. The molecule has 0 saturated carbocycles. The van der Waals surface area contributed by atoms with E-state index in [-0.39, 0.29) is 23.3 Å². The van der Waals surface area contributed by atoms with Crippen molar-refractivity contribution in [1.29, 1.82) is 0 Å². The van der Waals surface area contributed by atoms with Crippen molar-refractivity contribution >= 4 is 28.6 Å². The van der Waals surface area contributed by atoms with Gasteiger partial charge in [0.1, 0.15) is 0 Å². The lowest BCUT2D eigenvalue weighted by molar-refractivity contribution is -0.119. The summed E-state index contributed by atoms with van der Waals surface area (Å²) >= 11 is 1.27. The van der Waals surface area contributed by atoms with Crippen LogP contribution in [0.1, 0.15) is 25.3 Å². The first kappa shape index (κ1) is 20.6. The third-order valence-electron chi connectivity index (χ3n) is 5.23. The fourth-order valence-corrected chi connectivity index (χ4v) is 4.37. The normalized spacial score (nSPS) is 16.1. The lowest BCUT2D eigenvalue weighted by Gasteiger charge is -2.14. The summed E-state index contributed by atoms with van der Waals surface area (Å²) < 4.78 is 7.14. The molecule has 1 aliphatic heterocycles. The van der Waals surface area contributed by atoms with Gasteiger partial charge in [-0.15, -0.1) is 0 Å². The van der Waals surface area contributed by atoms with E-state index in [1.54, 1.807) is 10.6 Å². The molecule has 0 spiro atoms. The summed E-state index contributed by atoms with van der Waals surface area (Å²) in [7, 11) is 0. The molecule has 30 heavy (non-hydrogen) atoms. The quantitative estimate of drug-likeness (QED) is 0.466. The van der Waals surface area contributed by atoms with Crippen molar-refractivity contribution in [2.24, 2.45) is 0 Å². The van der Waals surface area contributed by atoms with Gasteiger partial charge in [0.25, 0.3) is 5.56 Å². The largest absolute Gasteiger partial charge is 0.376 e. The predicted octanol–water partition coefficient (Wildman–Crippen LogP) is 3.34. The highest BCUT2D eigenvalue weighted by Gasteiger charge is 2.18. The predicted molar refractivity (Wildman–Crippen MR) is 119 cm³/mol. The maximum absolute atomic E-state index is 13.2. The van der Waals surface area contributed by atoms with Crippen molar-refractivity contribution in [3.05, 3.63) is 64.4 Å². The van der Waals surface area contributed by atoms with Crippen LogP contribution >= 0.6 is 11.8 Å². The summed E-state index contributed by atoms with van der Waals surface area (Å²) in [5.41, 5.74) is 2.44. The molecular formula is C23H25N3O3S. The van der Waals surface area contributed by atoms with E-state index in [9.17, 15) is 9.59 Å². The number of nitrogens with zero attached hydrogens (tertiary/aromatic N) is 2. The van der Waals surface area contributed by atoms with E-state index in [0.717, 1.165) is 31.6 Å². The van der Waals surface area contributed by atoms with Crippen LogP contribution in [-0.2, 0) is 16.0 Å². The van der Waals surface area contributed by atoms with Crippen molar-refractivity contribution < 1.29 is 9.53 Å². The number of carbonyl (C=O) groups is 1. The number of nitrogens with one attached hydrogen (secondary N) is 1. The molecule has 3 aromatic rings. The highest BCUT2D eigenvalue weighted by atomic mass is 32.2. The van der Waals surface area contributed by atoms with Crippen LogP contribution in [0, 0.1) is 0 Å². The van der Waals surface area contributed by atoms with E-state index in [2.05, 4.69) is 17.2 Å². The maximum Gasteiger partial charge on any atom is 0.266 e. The molecule has 2 heterocycles. The number of thioether (sulfide) groups is 1. The molecule has 156 valence electrons. The summed E-state index contributed by atoms with van der Waals surface area (Å²) in [5, 5.41) is 3.99. The minimum Gasteiger partial charge on any atom is -0.376 e. The standard InChI is InChI=1S/C23H25N3O3S/c1-2-16-9-11-17(12-10-16)26-22(28)19-7-3-4-8-20(19)25-23(26)30-15-21(27)24-14-18-6-5-13-29-18/h3-4,7-12,18H,2,5-6,13-15H2,1H3,(H,24,27). The van der Waals surface area contributed by atoms with E-state index < -0.39 is 0 Å². The Balaban J connectivity index is 1.60. The lowest BCUT2D eigenvalue weighted by Crippen LogP contribution is -2.33. The Morgan fingerprint density at radius 2 is 2.03 bits per heavy atom. The van der Waals surface area contributed by atoms with E-state index in [4.69, 9.17) is 4.74 Å². The van der Waals surface area contributed by atoms with Crippen molar-refractivity contribution in [3.8, 4) is 5.69 Å². The number of hydrogen-bond acceptors (Lipinski definition) is 5. The molecule has 0 aliphatic carbocycles. The second-order valence-corrected chi connectivity index (χ2v) is 8.24. The fraction of sp³-hybridized carbons (Fsp3) is 0.348. The highest BCUT2D eigenvalue weighted by Crippen LogP contribution is 2.22. The highest BCUT2D eigenvalue weighted by molar-refractivity contribution is 7.99. The molecule has 1 fully saturated rings. The van der Waals surface area contributed by atoms with Crippen molar-refractivity contribution in [2.75, 3.05) is 18.9 Å². The zero-order valence-electron chi connectivity index (χ0n) is 17.0. The van der Waals surface area contributed by atoms with E-state index in [1.165, 1.54) is 17.3 Å². The number of rotatable bonds is 7. The fourth-order valence-electron chi connectivity index (χ4n) is 3.53. The summed E-state index contributed by atoms with van der Waals surface area (Å²) in [4.78, 5) is 30.3. The molecule has 6 nitrogen and oxygen atoms in total. The van der Waals surface area contributed by atoms with E-state index >= 15 is 0 Å². The van der Waals surface area contributed by atoms with Crippen LogP contribution in [0.5, 0.6) is 0 Å². The number of benzene rings is 2. The second kappa shape index (κ2) is 9.45. The molecule has 0 bridgehead atoms. The zero-order valence-corrected chi connectivity index (χ0v) is 17.8. The zero-order chi connectivity index (χ0) is 20.9. The van der Waals surface area contributed by atoms with Gasteiger partial charge in [0.2, 0.25) is 5.91 Å². The lowest BCUT2D eigenvalue weighted by atomic mass is 10.1. The number of amides is 1. The molecule has 1 saturated heterocycles. The Morgan fingerprint density at radius 3 is 2.77 bits per heavy atom. The van der Waals surface area contributed by atoms with Gasteiger partial charge < -0.3 is 10.1 Å². The Morgan fingerprint density at radius 1 is 1.23 bits per heavy atom. The number of carbonyl (C=O) groups excluding carboxylic acids is 1. The second-order valence-electron chi connectivity index (χ2n) is 7.30. The molecular weight excluding hydrogens is 398 g/mol. The van der Waals surface area contributed by atoms with Crippen LogP contribution in [0.3, 0.4) is 0 Å². The Kier molecular flexibility index (Phi) is 6.50. The maximum atomic E-state index is 13.2. The van der Waals surface area contributed by atoms with Gasteiger partial charge in [-0.25, -0.2) is 4.98 Å². The Hall–Kier alpha value is -2.64. The minimum atomic E-state index is -0.132. The molecule has 1 amide bonds. The van der Waals surface area contributed by atoms with Crippen LogP contribution in [0.25, 0.3) is 16.6 Å². The monoisotopic (exact) mass is 423 g/mol. The number of aromatic nitrogens is 2. The van der Waals surface area contributed by atoms with Crippen LogP contribution < -0.4 is 10.9 Å². The van der Waals surface area contributed by atoms with Gasteiger partial charge in [-0.2, -0.15) is 0 Å². The van der Waals surface area contributed by atoms with Crippen LogP contribution in [0.2, 0.25) is 0 Å². The molecule has 1 atom stereocenters. The van der Waals surface area contributed by atoms with E-state index in [0.29, 0.717) is 22.6 Å². The first-order valence-electron chi connectivity index (χ1n) is 10.3. The summed E-state index contributed by atoms with van der Waals surface area (Å²) in [6.07, 6.45) is 3.05. The average molecular weight is 424 g/mol. The van der Waals surface area contributed by atoms with Crippen molar-refractivity contribution in [2.45, 2.75) is 37.4 Å². The van der Waals surface area contributed by atoms with Gasteiger partial charge in [-0.3, -0.25) is 14.2 Å². The Bertz CT molecular complexity index is 1090. The molecule has 1 aliphatic rings. The topological polar surface area (TPSA) is 73.2 Å². The molecule has 1 aromatic heterocycles. The van der Waals surface area contributed by atoms with Crippen LogP contribution in [-0.4, -0.2) is 40.5 Å². The number of ether oxygens (including phenoxy) is 1. The van der Waals surface area contributed by atoms with Gasteiger partial charge in [0.15, 0.2) is 5.16 Å². The van der Waals surface area contributed by atoms with Gasteiger partial charge in [0.05, 0.1) is 28.4 Å². The molecule has 1 N–H and O–H groups in total. The summed E-state index contributed by atoms with van der Waals surface area (Å²) in [6, 6.07) is 15.2. The third-order valence-corrected chi connectivity index (χ3v) is 6.17. The third kappa shape index (κ3) is 4.57. The van der Waals surface area contributed by atoms with Crippen LogP contribution in [0.4, 0.5) is 0 Å². The van der Waals surface area contributed by atoms with Gasteiger partial charge >= 0.3 is 0 Å². The minimum absolute atomic E-state index is 0.0919. The molecule has 0 radical (unpaired) electrons. The number of fused-ring (bicyclic) bond motifs is 1. The van der Waals surface area contributed by atoms with Gasteiger partial charge in [-0.05, 0) is 49.1 Å². The molecule has 1 unspecified atom stereocenters. The Labute approximate surface area is 179 Å². The molecule has 7 heteroatoms. The van der Waals surface area contributed by atoms with E-state index in [1.807, 2.05) is 42.5 Å². The average Bonchev–Trinajstić information content (AvgIpc) is 3.30. The van der Waals surface area contributed by atoms with Gasteiger partial charge in [0, 0.05) is 13.2 Å². The molecule has 4 rings (SSSR count). The van der Waals surface area contributed by atoms with Crippen molar-refractivity contribution in [1.82, 2.24) is 14.9 Å².